The monoisotopic (exact) mass is 247 g/mol. The molecule has 0 bridgehead atoms. The molecular formula is C13H17N3S. The summed E-state index contributed by atoms with van der Waals surface area (Å²) in [6, 6.07) is 4.38. The first kappa shape index (κ1) is 12.2. The van der Waals surface area contributed by atoms with E-state index in [0.29, 0.717) is 6.04 Å². The number of thiazole rings is 1. The molecule has 2 rings (SSSR count). The number of pyridine rings is 1. The molecule has 0 saturated carbocycles. The molecule has 0 aliphatic carbocycles. The zero-order chi connectivity index (χ0) is 12.1. The topological polar surface area (TPSA) is 37.8 Å². The van der Waals surface area contributed by atoms with Gasteiger partial charge in [0.05, 0.1) is 5.01 Å². The molecule has 0 radical (unpaired) electrons. The number of aryl methyl sites for hydroxylation is 1. The zero-order valence-electron chi connectivity index (χ0n) is 10.2. The van der Waals surface area contributed by atoms with Gasteiger partial charge < -0.3 is 5.32 Å². The molecular weight excluding hydrogens is 230 g/mol. The Morgan fingerprint density at radius 3 is 2.94 bits per heavy atom. The summed E-state index contributed by atoms with van der Waals surface area (Å²) in [6.07, 6.45) is 6.68. The number of nitrogens with zero attached hydrogens (tertiary/aromatic N) is 2. The third-order valence-electron chi connectivity index (χ3n) is 2.67. The molecule has 0 saturated heterocycles. The minimum absolute atomic E-state index is 0.316. The van der Waals surface area contributed by atoms with Crippen molar-refractivity contribution in [2.24, 2.45) is 0 Å². The van der Waals surface area contributed by atoms with Crippen LogP contribution >= 0.6 is 11.3 Å². The van der Waals surface area contributed by atoms with Crippen molar-refractivity contribution in [2.75, 3.05) is 0 Å². The van der Waals surface area contributed by atoms with Crippen LogP contribution in [0.15, 0.2) is 30.7 Å². The summed E-state index contributed by atoms with van der Waals surface area (Å²) in [6.45, 7) is 5.15. The van der Waals surface area contributed by atoms with Gasteiger partial charge in [-0.2, -0.15) is 0 Å². The maximum absolute atomic E-state index is 4.35. The Hall–Kier alpha value is -1.26. The van der Waals surface area contributed by atoms with E-state index in [4.69, 9.17) is 0 Å². The molecule has 2 aromatic heterocycles. The van der Waals surface area contributed by atoms with Gasteiger partial charge in [-0.15, -0.1) is 11.3 Å². The lowest BCUT2D eigenvalue weighted by Crippen LogP contribution is -2.17. The van der Waals surface area contributed by atoms with Gasteiger partial charge in [0, 0.05) is 36.1 Å². The fraction of sp³-hybridized carbons (Fsp3) is 0.385. The number of rotatable bonds is 5. The highest BCUT2D eigenvalue weighted by molar-refractivity contribution is 7.11. The lowest BCUT2D eigenvalue weighted by atomic mass is 10.1. The second-order valence-corrected chi connectivity index (χ2v) is 5.16. The van der Waals surface area contributed by atoms with Crippen molar-refractivity contribution in [1.82, 2.24) is 15.3 Å². The predicted molar refractivity (Wildman–Crippen MR) is 71.0 cm³/mol. The molecule has 4 heteroatoms. The summed E-state index contributed by atoms with van der Waals surface area (Å²) in [7, 11) is 0. The largest absolute Gasteiger partial charge is 0.305 e. The van der Waals surface area contributed by atoms with E-state index in [1.165, 1.54) is 15.4 Å². The molecule has 3 nitrogen and oxygen atoms in total. The summed E-state index contributed by atoms with van der Waals surface area (Å²) in [4.78, 5) is 9.77. The average molecular weight is 247 g/mol. The molecule has 0 aliphatic heterocycles. The van der Waals surface area contributed by atoms with E-state index in [-0.39, 0.29) is 0 Å². The van der Waals surface area contributed by atoms with Gasteiger partial charge in [0.25, 0.3) is 0 Å². The van der Waals surface area contributed by atoms with Crippen molar-refractivity contribution in [2.45, 2.75) is 32.9 Å². The third-order valence-corrected chi connectivity index (χ3v) is 3.81. The summed E-state index contributed by atoms with van der Waals surface area (Å²) in [5.41, 5.74) is 1.22. The first-order chi connectivity index (χ1) is 8.29. The highest BCUT2D eigenvalue weighted by atomic mass is 32.1. The van der Waals surface area contributed by atoms with E-state index in [1.807, 2.05) is 18.5 Å². The van der Waals surface area contributed by atoms with Crippen molar-refractivity contribution >= 4 is 11.3 Å². The van der Waals surface area contributed by atoms with Crippen LogP contribution in [0.2, 0.25) is 0 Å². The molecule has 2 heterocycles. The van der Waals surface area contributed by atoms with Crippen LogP contribution in [0.4, 0.5) is 0 Å². The maximum Gasteiger partial charge on any atom is 0.0925 e. The van der Waals surface area contributed by atoms with Crippen molar-refractivity contribution in [3.63, 3.8) is 0 Å². The molecule has 0 amide bonds. The standard InChI is InChI=1S/C13H17N3S/c1-3-13-16-9-12(17-13)8-15-10(2)11-5-4-6-14-7-11/h4-7,9-10,15H,3,8H2,1-2H3/t10-/m1/s1. The fourth-order valence-electron chi connectivity index (χ4n) is 1.60. The van der Waals surface area contributed by atoms with Crippen molar-refractivity contribution in [3.8, 4) is 0 Å². The minimum atomic E-state index is 0.316. The Morgan fingerprint density at radius 1 is 1.41 bits per heavy atom. The highest BCUT2D eigenvalue weighted by Gasteiger charge is 2.06. The van der Waals surface area contributed by atoms with E-state index >= 15 is 0 Å². The molecule has 90 valence electrons. The Balaban J connectivity index is 1.90. The second-order valence-electron chi connectivity index (χ2n) is 3.96. The van der Waals surface area contributed by atoms with Crippen molar-refractivity contribution in [3.05, 3.63) is 46.2 Å². The molecule has 1 atom stereocenters. The Bertz CT molecular complexity index is 453. The van der Waals surface area contributed by atoms with Gasteiger partial charge in [0.2, 0.25) is 0 Å². The second kappa shape index (κ2) is 5.89. The smallest absolute Gasteiger partial charge is 0.0925 e. The van der Waals surface area contributed by atoms with Gasteiger partial charge in [-0.05, 0) is 25.0 Å². The predicted octanol–water partition coefficient (Wildman–Crippen LogP) is 2.95. The summed E-state index contributed by atoms with van der Waals surface area (Å²) in [5.74, 6) is 0. The Morgan fingerprint density at radius 2 is 2.29 bits per heavy atom. The van der Waals surface area contributed by atoms with Crippen molar-refractivity contribution in [1.29, 1.82) is 0 Å². The maximum atomic E-state index is 4.35. The SMILES string of the molecule is CCc1ncc(CN[C@H](C)c2cccnc2)s1. The molecule has 0 aliphatic rings. The molecule has 0 fully saturated rings. The minimum Gasteiger partial charge on any atom is -0.305 e. The molecule has 2 aromatic rings. The summed E-state index contributed by atoms with van der Waals surface area (Å²) in [5, 5.41) is 4.69. The van der Waals surface area contributed by atoms with Crippen LogP contribution in [-0.2, 0) is 13.0 Å². The number of hydrogen-bond donors (Lipinski definition) is 1. The number of hydrogen-bond acceptors (Lipinski definition) is 4. The van der Waals surface area contributed by atoms with Gasteiger partial charge in [-0.1, -0.05) is 13.0 Å². The molecule has 0 unspecified atom stereocenters. The van der Waals surface area contributed by atoms with E-state index in [0.717, 1.165) is 13.0 Å². The van der Waals surface area contributed by atoms with Gasteiger partial charge in [-0.25, -0.2) is 4.98 Å². The highest BCUT2D eigenvalue weighted by Crippen LogP contribution is 2.15. The van der Waals surface area contributed by atoms with Gasteiger partial charge in [-0.3, -0.25) is 4.98 Å². The van der Waals surface area contributed by atoms with Crippen molar-refractivity contribution < 1.29 is 0 Å². The Labute approximate surface area is 106 Å². The van der Waals surface area contributed by atoms with Crippen LogP contribution in [0, 0.1) is 0 Å². The molecule has 0 aromatic carbocycles. The number of nitrogens with one attached hydrogen (secondary N) is 1. The Kier molecular flexibility index (Phi) is 4.23. The quantitative estimate of drug-likeness (QED) is 0.882. The van der Waals surface area contributed by atoms with E-state index in [1.54, 1.807) is 17.5 Å². The summed E-state index contributed by atoms with van der Waals surface area (Å²) < 4.78 is 0. The van der Waals surface area contributed by atoms with E-state index in [9.17, 15) is 0 Å². The molecule has 1 N–H and O–H groups in total. The van der Waals surface area contributed by atoms with Crippen LogP contribution in [0.25, 0.3) is 0 Å². The lowest BCUT2D eigenvalue weighted by Gasteiger charge is -2.12. The van der Waals surface area contributed by atoms with E-state index in [2.05, 4.69) is 35.2 Å². The average Bonchev–Trinajstić information content (AvgIpc) is 2.85. The zero-order valence-corrected chi connectivity index (χ0v) is 11.0. The van der Waals surface area contributed by atoms with Gasteiger partial charge in [0.1, 0.15) is 0 Å². The molecule has 0 spiro atoms. The van der Waals surface area contributed by atoms with Crippen LogP contribution in [0.1, 0.15) is 35.3 Å². The third kappa shape index (κ3) is 3.35. The van der Waals surface area contributed by atoms with Crippen LogP contribution in [0.3, 0.4) is 0 Å². The summed E-state index contributed by atoms with van der Waals surface area (Å²) >= 11 is 1.78. The van der Waals surface area contributed by atoms with Gasteiger partial charge in [0.15, 0.2) is 0 Å². The van der Waals surface area contributed by atoms with Gasteiger partial charge >= 0.3 is 0 Å². The lowest BCUT2D eigenvalue weighted by molar-refractivity contribution is 0.577. The normalized spacial score (nSPS) is 12.6. The number of aromatic nitrogens is 2. The molecule has 17 heavy (non-hydrogen) atoms. The van der Waals surface area contributed by atoms with Crippen LogP contribution < -0.4 is 5.32 Å². The first-order valence-corrected chi connectivity index (χ1v) is 6.68. The first-order valence-electron chi connectivity index (χ1n) is 5.86. The fourth-order valence-corrected chi connectivity index (χ4v) is 2.41. The van der Waals surface area contributed by atoms with Crippen LogP contribution in [0.5, 0.6) is 0 Å². The van der Waals surface area contributed by atoms with Crippen LogP contribution in [-0.4, -0.2) is 9.97 Å². The van der Waals surface area contributed by atoms with E-state index < -0.39 is 0 Å².